The first-order valence-electron chi connectivity index (χ1n) is 5.97. The Balaban J connectivity index is 2.45. The molecule has 5 nitrogen and oxygen atoms in total. The van der Waals surface area contributed by atoms with Gasteiger partial charge in [0.2, 0.25) is 6.79 Å². The Morgan fingerprint density at radius 3 is 2.16 bits per heavy atom. The van der Waals surface area contributed by atoms with Crippen molar-refractivity contribution in [1.82, 2.24) is 0 Å². The van der Waals surface area contributed by atoms with Crippen molar-refractivity contribution >= 4 is 17.6 Å². The Morgan fingerprint density at radius 2 is 1.68 bits per heavy atom. The van der Waals surface area contributed by atoms with Crippen molar-refractivity contribution in [3.8, 4) is 0 Å². The van der Waals surface area contributed by atoms with Crippen LogP contribution in [0.5, 0.6) is 0 Å². The van der Waals surface area contributed by atoms with Crippen molar-refractivity contribution in [3.05, 3.63) is 29.8 Å². The van der Waals surface area contributed by atoms with Crippen molar-refractivity contribution in [1.29, 1.82) is 0 Å². The maximum absolute atomic E-state index is 11.6. The van der Waals surface area contributed by atoms with E-state index in [0.29, 0.717) is 5.56 Å². The zero-order chi connectivity index (χ0) is 14.5. The Hall–Kier alpha value is -2.04. The second kappa shape index (κ2) is 6.22. The molecule has 1 rings (SSSR count). The zero-order valence-corrected chi connectivity index (χ0v) is 11.6. The van der Waals surface area contributed by atoms with Crippen molar-refractivity contribution in [2.45, 2.75) is 20.8 Å². The highest BCUT2D eigenvalue weighted by Crippen LogP contribution is 2.15. The van der Waals surface area contributed by atoms with Crippen LogP contribution in [0.1, 0.15) is 31.1 Å². The maximum atomic E-state index is 11.6. The number of nitrogens with one attached hydrogen (secondary N) is 1. The molecule has 1 aromatic carbocycles. The highest BCUT2D eigenvalue weighted by molar-refractivity contribution is 5.89. The predicted molar refractivity (Wildman–Crippen MR) is 71.8 cm³/mol. The van der Waals surface area contributed by atoms with Crippen LogP contribution < -0.4 is 5.32 Å². The van der Waals surface area contributed by atoms with E-state index in [4.69, 9.17) is 9.47 Å². The first-order valence-corrected chi connectivity index (χ1v) is 5.97. The Morgan fingerprint density at radius 1 is 1.11 bits per heavy atom. The average molecular weight is 265 g/mol. The van der Waals surface area contributed by atoms with Crippen LogP contribution in [-0.2, 0) is 14.3 Å². The Kier molecular flexibility index (Phi) is 4.92. The molecule has 0 bridgehead atoms. The molecule has 0 amide bonds. The molecule has 0 saturated heterocycles. The van der Waals surface area contributed by atoms with E-state index in [1.807, 2.05) is 0 Å². The lowest BCUT2D eigenvalue weighted by Gasteiger charge is -2.16. The summed E-state index contributed by atoms with van der Waals surface area (Å²) in [6.07, 6.45) is 0. The molecule has 0 spiro atoms. The molecule has 1 N–H and O–H groups in total. The van der Waals surface area contributed by atoms with Crippen LogP contribution in [0.4, 0.5) is 5.69 Å². The number of hydrogen-bond acceptors (Lipinski definition) is 5. The molecule has 19 heavy (non-hydrogen) atoms. The van der Waals surface area contributed by atoms with Gasteiger partial charge >= 0.3 is 11.9 Å². The van der Waals surface area contributed by atoms with Crippen molar-refractivity contribution < 1.29 is 19.1 Å². The minimum Gasteiger partial charge on any atom is -0.427 e. The summed E-state index contributed by atoms with van der Waals surface area (Å²) in [5.74, 6) is -0.935. The van der Waals surface area contributed by atoms with E-state index >= 15 is 0 Å². The number of carbonyl (C=O) groups excluding carboxylic acids is 2. The lowest BCUT2D eigenvalue weighted by Crippen LogP contribution is -2.24. The highest BCUT2D eigenvalue weighted by Gasteiger charge is 2.23. The molecule has 0 aliphatic heterocycles. The molecule has 0 unspecified atom stereocenters. The standard InChI is InChI=1S/C14H19NO4/c1-14(2,3)13(17)19-9-18-12(16)10-5-7-11(15-4)8-6-10/h5-8,15H,9H2,1-4H3. The van der Waals surface area contributed by atoms with Gasteiger partial charge in [0.25, 0.3) is 0 Å². The molecule has 1 aromatic rings. The number of esters is 2. The number of hydrogen-bond donors (Lipinski definition) is 1. The smallest absolute Gasteiger partial charge is 0.341 e. The third-order valence-corrected chi connectivity index (χ3v) is 2.40. The number of benzene rings is 1. The van der Waals surface area contributed by atoms with Gasteiger partial charge in [-0.25, -0.2) is 4.79 Å². The van der Waals surface area contributed by atoms with Crippen LogP contribution in [0.3, 0.4) is 0 Å². The van der Waals surface area contributed by atoms with E-state index in [-0.39, 0.29) is 6.79 Å². The van der Waals surface area contributed by atoms with Gasteiger partial charge in [-0.05, 0) is 45.0 Å². The van der Waals surface area contributed by atoms with E-state index < -0.39 is 17.4 Å². The summed E-state index contributed by atoms with van der Waals surface area (Å²) in [6.45, 7) is 4.82. The van der Waals surface area contributed by atoms with E-state index in [1.54, 1.807) is 52.1 Å². The van der Waals surface area contributed by atoms with Crippen LogP contribution in [-0.4, -0.2) is 25.8 Å². The molecule has 0 aliphatic carbocycles. The quantitative estimate of drug-likeness (QED) is 0.669. The first-order chi connectivity index (χ1) is 8.84. The number of carbonyl (C=O) groups is 2. The second-order valence-corrected chi connectivity index (χ2v) is 5.06. The fraction of sp³-hybridized carbons (Fsp3) is 0.429. The third-order valence-electron chi connectivity index (χ3n) is 2.40. The summed E-state index contributed by atoms with van der Waals surface area (Å²) < 4.78 is 9.71. The summed E-state index contributed by atoms with van der Waals surface area (Å²) in [5.41, 5.74) is 0.697. The number of ether oxygens (including phenoxy) is 2. The topological polar surface area (TPSA) is 64.6 Å². The third kappa shape index (κ3) is 4.62. The van der Waals surface area contributed by atoms with Gasteiger partial charge in [0.1, 0.15) is 0 Å². The van der Waals surface area contributed by atoms with Gasteiger partial charge in [-0.3, -0.25) is 4.79 Å². The largest absolute Gasteiger partial charge is 0.427 e. The molecule has 0 fully saturated rings. The molecule has 0 heterocycles. The normalized spacial score (nSPS) is 10.7. The van der Waals surface area contributed by atoms with Crippen molar-refractivity contribution in [2.75, 3.05) is 19.2 Å². The molecule has 0 aromatic heterocycles. The maximum Gasteiger partial charge on any atom is 0.341 e. The minimum atomic E-state index is -0.610. The van der Waals surface area contributed by atoms with Gasteiger partial charge in [0.15, 0.2) is 0 Å². The Labute approximate surface area is 112 Å². The molecule has 0 saturated carbocycles. The second-order valence-electron chi connectivity index (χ2n) is 5.06. The molecule has 0 aliphatic rings. The van der Waals surface area contributed by atoms with Crippen LogP contribution in [0.25, 0.3) is 0 Å². The molecule has 5 heteroatoms. The van der Waals surface area contributed by atoms with Crippen LogP contribution in [0, 0.1) is 5.41 Å². The molecule has 0 radical (unpaired) electrons. The van der Waals surface area contributed by atoms with E-state index in [9.17, 15) is 9.59 Å². The lowest BCUT2D eigenvalue weighted by atomic mass is 9.98. The van der Waals surface area contributed by atoms with Crippen LogP contribution in [0.15, 0.2) is 24.3 Å². The monoisotopic (exact) mass is 265 g/mol. The number of rotatable bonds is 4. The molecular weight excluding hydrogens is 246 g/mol. The van der Waals surface area contributed by atoms with Crippen LogP contribution in [0.2, 0.25) is 0 Å². The summed E-state index contributed by atoms with van der Waals surface area (Å²) >= 11 is 0. The summed E-state index contributed by atoms with van der Waals surface area (Å²) in [4.78, 5) is 23.1. The van der Waals surface area contributed by atoms with E-state index in [2.05, 4.69) is 5.32 Å². The molecular formula is C14H19NO4. The SMILES string of the molecule is CNc1ccc(C(=O)OCOC(=O)C(C)(C)C)cc1. The van der Waals surface area contributed by atoms with Gasteiger partial charge in [0.05, 0.1) is 11.0 Å². The molecule has 0 atom stereocenters. The van der Waals surface area contributed by atoms with Gasteiger partial charge in [-0.2, -0.15) is 0 Å². The predicted octanol–water partition coefficient (Wildman–Crippen LogP) is 2.43. The lowest BCUT2D eigenvalue weighted by molar-refractivity contribution is -0.161. The Bertz CT molecular complexity index is 446. The van der Waals surface area contributed by atoms with Crippen molar-refractivity contribution in [2.24, 2.45) is 5.41 Å². The first kappa shape index (κ1) is 15.0. The summed E-state index contributed by atoms with van der Waals surface area (Å²) in [7, 11) is 1.79. The van der Waals surface area contributed by atoms with E-state index in [1.165, 1.54) is 0 Å². The average Bonchev–Trinajstić information content (AvgIpc) is 2.37. The van der Waals surface area contributed by atoms with Crippen molar-refractivity contribution in [3.63, 3.8) is 0 Å². The van der Waals surface area contributed by atoms with Crippen LogP contribution >= 0.6 is 0 Å². The summed E-state index contributed by atoms with van der Waals surface area (Å²) in [5, 5.41) is 2.95. The summed E-state index contributed by atoms with van der Waals surface area (Å²) in [6, 6.07) is 6.80. The molecule has 104 valence electrons. The zero-order valence-electron chi connectivity index (χ0n) is 11.6. The van der Waals surface area contributed by atoms with Gasteiger partial charge in [-0.1, -0.05) is 0 Å². The fourth-order valence-corrected chi connectivity index (χ4v) is 1.21. The van der Waals surface area contributed by atoms with E-state index in [0.717, 1.165) is 5.69 Å². The fourth-order valence-electron chi connectivity index (χ4n) is 1.21. The van der Waals surface area contributed by atoms with Gasteiger partial charge in [-0.15, -0.1) is 0 Å². The van der Waals surface area contributed by atoms with Gasteiger partial charge < -0.3 is 14.8 Å². The highest BCUT2D eigenvalue weighted by atomic mass is 16.7. The van der Waals surface area contributed by atoms with Gasteiger partial charge in [0, 0.05) is 12.7 Å². The minimum absolute atomic E-state index is 0.372. The number of anilines is 1.